The topological polar surface area (TPSA) is 92.4 Å². The minimum atomic E-state index is -0.833. The Morgan fingerprint density at radius 2 is 2.07 bits per heavy atom. The maximum Gasteiger partial charge on any atom is 0.303 e. The number of carboxylic acid groups (broad SMARTS) is 1. The van der Waals surface area contributed by atoms with Gasteiger partial charge in [-0.15, -0.1) is 0 Å². The summed E-state index contributed by atoms with van der Waals surface area (Å²) in [6.07, 6.45) is 2.19. The van der Waals surface area contributed by atoms with Crippen LogP contribution in [0.1, 0.15) is 32.6 Å². The quantitative estimate of drug-likeness (QED) is 0.510. The van der Waals surface area contributed by atoms with Gasteiger partial charge in [-0.25, -0.2) is 0 Å². The number of nitrogens with two attached hydrogens (primary N) is 1. The molecule has 1 unspecified atom stereocenters. The Hall–Kier alpha value is -1.10. The highest BCUT2D eigenvalue weighted by atomic mass is 16.4. The number of amides is 1. The molecule has 0 aromatic heterocycles. The summed E-state index contributed by atoms with van der Waals surface area (Å²) in [5, 5.41) is 11.1. The molecule has 5 nitrogen and oxygen atoms in total. The fourth-order valence-corrected chi connectivity index (χ4v) is 1.18. The number of hydrogen-bond acceptors (Lipinski definition) is 3. The summed E-state index contributed by atoms with van der Waals surface area (Å²) in [5.41, 5.74) is 5.33. The summed E-state index contributed by atoms with van der Waals surface area (Å²) in [6, 6.07) is 0. The molecule has 0 aliphatic carbocycles. The van der Waals surface area contributed by atoms with Crippen LogP contribution in [0.2, 0.25) is 0 Å². The highest BCUT2D eigenvalue weighted by Crippen LogP contribution is 2.04. The molecule has 1 atom stereocenters. The zero-order valence-corrected chi connectivity index (χ0v) is 9.16. The molecular weight excluding hydrogens is 196 g/mol. The Balaban J connectivity index is 3.51. The van der Waals surface area contributed by atoms with E-state index in [1.54, 1.807) is 0 Å². The molecule has 0 fully saturated rings. The zero-order valence-electron chi connectivity index (χ0n) is 9.16. The van der Waals surface area contributed by atoms with Crippen molar-refractivity contribution in [1.29, 1.82) is 0 Å². The first-order valence-electron chi connectivity index (χ1n) is 5.27. The predicted octanol–water partition coefficient (Wildman–Crippen LogP) is 0.342. The molecule has 0 aliphatic heterocycles. The van der Waals surface area contributed by atoms with Crippen molar-refractivity contribution in [2.75, 3.05) is 13.1 Å². The van der Waals surface area contributed by atoms with Crippen LogP contribution < -0.4 is 11.1 Å². The van der Waals surface area contributed by atoms with Crippen LogP contribution in [0.5, 0.6) is 0 Å². The summed E-state index contributed by atoms with van der Waals surface area (Å²) in [7, 11) is 0. The van der Waals surface area contributed by atoms with Crippen LogP contribution in [-0.2, 0) is 9.59 Å². The van der Waals surface area contributed by atoms with Crippen LogP contribution in [0.15, 0.2) is 0 Å². The van der Waals surface area contributed by atoms with Crippen molar-refractivity contribution in [3.05, 3.63) is 0 Å². The smallest absolute Gasteiger partial charge is 0.303 e. The van der Waals surface area contributed by atoms with Crippen molar-refractivity contribution >= 4 is 11.9 Å². The fourth-order valence-electron chi connectivity index (χ4n) is 1.18. The molecule has 0 aromatic carbocycles. The van der Waals surface area contributed by atoms with Gasteiger partial charge in [0.15, 0.2) is 0 Å². The summed E-state index contributed by atoms with van der Waals surface area (Å²) < 4.78 is 0. The molecule has 15 heavy (non-hydrogen) atoms. The minimum Gasteiger partial charge on any atom is -0.481 e. The van der Waals surface area contributed by atoms with Gasteiger partial charge in [-0.3, -0.25) is 9.59 Å². The van der Waals surface area contributed by atoms with Gasteiger partial charge in [-0.2, -0.15) is 0 Å². The average Bonchev–Trinajstić information content (AvgIpc) is 2.20. The van der Waals surface area contributed by atoms with Crippen LogP contribution in [0, 0.1) is 5.92 Å². The third-order valence-electron chi connectivity index (χ3n) is 2.16. The maximum atomic E-state index is 11.4. The molecule has 4 N–H and O–H groups in total. The van der Waals surface area contributed by atoms with Gasteiger partial charge in [0.05, 0.1) is 0 Å². The summed E-state index contributed by atoms with van der Waals surface area (Å²) in [5.74, 6) is -0.896. The van der Waals surface area contributed by atoms with Crippen molar-refractivity contribution in [3.8, 4) is 0 Å². The lowest BCUT2D eigenvalue weighted by Crippen LogP contribution is -2.30. The molecule has 88 valence electrons. The molecule has 0 heterocycles. The first kappa shape index (κ1) is 13.9. The molecule has 0 aromatic rings. The first-order chi connectivity index (χ1) is 7.07. The highest BCUT2D eigenvalue weighted by Gasteiger charge is 2.11. The Morgan fingerprint density at radius 3 is 2.60 bits per heavy atom. The second-order valence-electron chi connectivity index (χ2n) is 3.62. The van der Waals surface area contributed by atoms with Crippen molar-refractivity contribution in [2.45, 2.75) is 32.6 Å². The number of carboxylic acids is 1. The Morgan fingerprint density at radius 1 is 1.40 bits per heavy atom. The number of rotatable bonds is 8. The molecule has 0 saturated carbocycles. The fraction of sp³-hybridized carbons (Fsp3) is 0.800. The summed E-state index contributed by atoms with van der Waals surface area (Å²) in [4.78, 5) is 21.6. The first-order valence-corrected chi connectivity index (χ1v) is 5.27. The van der Waals surface area contributed by atoms with Gasteiger partial charge in [0.25, 0.3) is 0 Å². The minimum absolute atomic E-state index is 0.0196. The Kier molecular flexibility index (Phi) is 7.62. The van der Waals surface area contributed by atoms with Crippen LogP contribution in [-0.4, -0.2) is 30.1 Å². The monoisotopic (exact) mass is 216 g/mol. The molecule has 0 aliphatic rings. The second kappa shape index (κ2) is 8.23. The lowest BCUT2D eigenvalue weighted by Gasteiger charge is -2.10. The summed E-state index contributed by atoms with van der Waals surface area (Å²) >= 11 is 0. The third-order valence-corrected chi connectivity index (χ3v) is 2.16. The van der Waals surface area contributed by atoms with Crippen LogP contribution in [0.3, 0.4) is 0 Å². The largest absolute Gasteiger partial charge is 0.481 e. The third kappa shape index (κ3) is 7.93. The standard InChI is InChI=1S/C10H20N2O3/c1-8(4-2-6-11)10(15)12-7-3-5-9(13)14/h8H,2-7,11H2,1H3,(H,12,15)(H,13,14). The number of hydrogen-bond donors (Lipinski definition) is 3. The Labute approximate surface area is 90.0 Å². The molecule has 5 heteroatoms. The predicted molar refractivity (Wildman–Crippen MR) is 57.3 cm³/mol. The molecular formula is C10H20N2O3. The lowest BCUT2D eigenvalue weighted by molar-refractivity contribution is -0.137. The van der Waals surface area contributed by atoms with E-state index in [0.717, 1.165) is 12.8 Å². The normalized spacial score (nSPS) is 12.1. The van der Waals surface area contributed by atoms with Crippen molar-refractivity contribution in [3.63, 3.8) is 0 Å². The van der Waals surface area contributed by atoms with E-state index >= 15 is 0 Å². The number of carbonyl (C=O) groups excluding carboxylic acids is 1. The van der Waals surface area contributed by atoms with E-state index in [1.807, 2.05) is 6.92 Å². The van der Waals surface area contributed by atoms with Crippen LogP contribution in [0.4, 0.5) is 0 Å². The van der Waals surface area contributed by atoms with E-state index < -0.39 is 5.97 Å². The highest BCUT2D eigenvalue weighted by molar-refractivity contribution is 5.78. The van der Waals surface area contributed by atoms with Crippen LogP contribution in [0.25, 0.3) is 0 Å². The van der Waals surface area contributed by atoms with E-state index in [4.69, 9.17) is 10.8 Å². The van der Waals surface area contributed by atoms with Gasteiger partial charge in [-0.1, -0.05) is 6.92 Å². The molecule has 0 bridgehead atoms. The van der Waals surface area contributed by atoms with Gasteiger partial charge < -0.3 is 16.2 Å². The van der Waals surface area contributed by atoms with Gasteiger partial charge in [0.2, 0.25) is 5.91 Å². The lowest BCUT2D eigenvalue weighted by atomic mass is 10.1. The summed E-state index contributed by atoms with van der Waals surface area (Å²) in [6.45, 7) is 2.87. The maximum absolute atomic E-state index is 11.4. The van der Waals surface area contributed by atoms with Crippen molar-refractivity contribution < 1.29 is 14.7 Å². The second-order valence-corrected chi connectivity index (χ2v) is 3.62. The number of carbonyl (C=O) groups is 2. The van der Waals surface area contributed by atoms with Crippen molar-refractivity contribution in [1.82, 2.24) is 5.32 Å². The number of nitrogens with one attached hydrogen (secondary N) is 1. The van der Waals surface area contributed by atoms with Gasteiger partial charge in [0.1, 0.15) is 0 Å². The van der Waals surface area contributed by atoms with Crippen molar-refractivity contribution in [2.24, 2.45) is 11.7 Å². The van der Waals surface area contributed by atoms with E-state index in [9.17, 15) is 9.59 Å². The SMILES string of the molecule is CC(CCCN)C(=O)NCCCC(=O)O. The molecule has 0 rings (SSSR count). The van der Waals surface area contributed by atoms with E-state index in [-0.39, 0.29) is 18.2 Å². The van der Waals surface area contributed by atoms with E-state index in [2.05, 4.69) is 5.32 Å². The van der Waals surface area contributed by atoms with Crippen LogP contribution >= 0.6 is 0 Å². The van der Waals surface area contributed by atoms with E-state index in [0.29, 0.717) is 19.5 Å². The van der Waals surface area contributed by atoms with Gasteiger partial charge in [0, 0.05) is 18.9 Å². The average molecular weight is 216 g/mol. The molecule has 0 spiro atoms. The Bertz CT molecular complexity index is 207. The number of aliphatic carboxylic acids is 1. The van der Waals surface area contributed by atoms with E-state index in [1.165, 1.54) is 0 Å². The zero-order chi connectivity index (χ0) is 11.7. The van der Waals surface area contributed by atoms with Gasteiger partial charge >= 0.3 is 5.97 Å². The molecule has 0 saturated heterocycles. The van der Waals surface area contributed by atoms with Gasteiger partial charge in [-0.05, 0) is 25.8 Å². The molecule has 1 amide bonds. The molecule has 0 radical (unpaired) electrons.